The van der Waals surface area contributed by atoms with Crippen molar-refractivity contribution < 1.29 is 19.1 Å². The molecule has 0 spiro atoms. The monoisotopic (exact) mass is 440 g/mol. The van der Waals surface area contributed by atoms with Crippen LogP contribution in [-0.2, 0) is 11.2 Å². The van der Waals surface area contributed by atoms with Crippen LogP contribution < -0.4 is 9.64 Å². The molecular formula is C27H24N2O4. The molecule has 0 N–H and O–H groups in total. The van der Waals surface area contributed by atoms with Gasteiger partial charge < -0.3 is 14.4 Å². The van der Waals surface area contributed by atoms with Gasteiger partial charge in [0.1, 0.15) is 11.9 Å². The quantitative estimate of drug-likeness (QED) is 0.478. The van der Waals surface area contributed by atoms with Gasteiger partial charge in [-0.15, -0.1) is 0 Å². The molecule has 1 aliphatic heterocycles. The summed E-state index contributed by atoms with van der Waals surface area (Å²) in [7, 11) is 0. The van der Waals surface area contributed by atoms with Gasteiger partial charge in [0.2, 0.25) is 0 Å². The third-order valence-electron chi connectivity index (χ3n) is 5.55. The summed E-state index contributed by atoms with van der Waals surface area (Å²) < 4.78 is 11.1. The van der Waals surface area contributed by atoms with E-state index in [0.29, 0.717) is 35.6 Å². The lowest BCUT2D eigenvalue weighted by Crippen LogP contribution is -2.32. The van der Waals surface area contributed by atoms with Crippen molar-refractivity contribution in [1.82, 2.24) is 0 Å². The smallest absolute Gasteiger partial charge is 0.339 e. The normalized spacial score (nSPS) is 14.5. The van der Waals surface area contributed by atoms with Crippen molar-refractivity contribution in [2.45, 2.75) is 25.9 Å². The Kier molecular flexibility index (Phi) is 6.70. The molecule has 3 aromatic rings. The molecule has 0 aliphatic carbocycles. The molecule has 1 atom stereocenters. The summed E-state index contributed by atoms with van der Waals surface area (Å²) >= 11 is 0. The summed E-state index contributed by atoms with van der Waals surface area (Å²) in [6.45, 7) is 2.72. The fourth-order valence-corrected chi connectivity index (χ4v) is 3.94. The SMILES string of the molecule is CCOc1ccc(N(CCC#N)C(=O)c2ccc3c(c2)CC(c2ccccc2)OC3=O)cc1. The summed E-state index contributed by atoms with van der Waals surface area (Å²) in [5, 5.41) is 9.09. The third kappa shape index (κ3) is 4.88. The maximum Gasteiger partial charge on any atom is 0.339 e. The fraction of sp³-hybridized carbons (Fsp3) is 0.222. The van der Waals surface area contributed by atoms with Crippen molar-refractivity contribution >= 4 is 17.6 Å². The summed E-state index contributed by atoms with van der Waals surface area (Å²) in [6, 6.07) is 23.9. The number of hydrogen-bond acceptors (Lipinski definition) is 5. The van der Waals surface area contributed by atoms with E-state index in [0.717, 1.165) is 11.1 Å². The topological polar surface area (TPSA) is 79.6 Å². The average molecular weight is 440 g/mol. The zero-order chi connectivity index (χ0) is 23.2. The molecule has 33 heavy (non-hydrogen) atoms. The first-order valence-electron chi connectivity index (χ1n) is 10.9. The van der Waals surface area contributed by atoms with E-state index in [4.69, 9.17) is 14.7 Å². The maximum absolute atomic E-state index is 13.4. The molecule has 0 radical (unpaired) electrons. The Labute approximate surface area is 193 Å². The molecule has 0 bridgehead atoms. The molecule has 6 nitrogen and oxygen atoms in total. The molecule has 0 saturated heterocycles. The largest absolute Gasteiger partial charge is 0.494 e. The number of fused-ring (bicyclic) bond motifs is 1. The van der Waals surface area contributed by atoms with Gasteiger partial charge >= 0.3 is 5.97 Å². The number of carbonyl (C=O) groups excluding carboxylic acids is 2. The van der Waals surface area contributed by atoms with Gasteiger partial charge in [0, 0.05) is 24.2 Å². The van der Waals surface area contributed by atoms with E-state index in [-0.39, 0.29) is 18.9 Å². The number of carbonyl (C=O) groups is 2. The number of cyclic esters (lactones) is 1. The van der Waals surface area contributed by atoms with Crippen molar-refractivity contribution in [3.8, 4) is 11.8 Å². The van der Waals surface area contributed by atoms with E-state index in [1.165, 1.54) is 0 Å². The second-order valence-corrected chi connectivity index (χ2v) is 7.67. The number of rotatable bonds is 7. The van der Waals surface area contributed by atoms with Crippen LogP contribution in [0.5, 0.6) is 5.75 Å². The van der Waals surface area contributed by atoms with Crippen LogP contribution in [0.2, 0.25) is 0 Å². The molecule has 1 heterocycles. The number of anilines is 1. The summed E-state index contributed by atoms with van der Waals surface area (Å²) in [5.74, 6) is 0.0949. The molecule has 0 saturated carbocycles. The molecule has 6 heteroatoms. The van der Waals surface area contributed by atoms with E-state index in [2.05, 4.69) is 6.07 Å². The van der Waals surface area contributed by atoms with Gasteiger partial charge in [0.05, 0.1) is 24.7 Å². The summed E-state index contributed by atoms with van der Waals surface area (Å²) in [6.07, 6.45) is 0.303. The van der Waals surface area contributed by atoms with Gasteiger partial charge in [-0.25, -0.2) is 4.79 Å². The second-order valence-electron chi connectivity index (χ2n) is 7.67. The van der Waals surface area contributed by atoms with Gasteiger partial charge in [0.15, 0.2) is 0 Å². The first-order valence-corrected chi connectivity index (χ1v) is 10.9. The Bertz CT molecular complexity index is 1180. The minimum Gasteiger partial charge on any atom is -0.494 e. The zero-order valence-corrected chi connectivity index (χ0v) is 18.4. The van der Waals surface area contributed by atoms with Crippen molar-refractivity contribution in [3.63, 3.8) is 0 Å². The highest BCUT2D eigenvalue weighted by atomic mass is 16.5. The first-order chi connectivity index (χ1) is 16.1. The number of amides is 1. The van der Waals surface area contributed by atoms with E-state index >= 15 is 0 Å². The van der Waals surface area contributed by atoms with Crippen LogP contribution in [0, 0.1) is 11.3 Å². The van der Waals surface area contributed by atoms with Crippen molar-refractivity contribution in [2.75, 3.05) is 18.1 Å². The third-order valence-corrected chi connectivity index (χ3v) is 5.55. The summed E-state index contributed by atoms with van der Waals surface area (Å²) in [5.41, 5.74) is 3.31. The van der Waals surface area contributed by atoms with Gasteiger partial charge in [0.25, 0.3) is 5.91 Å². The minimum absolute atomic E-state index is 0.201. The van der Waals surface area contributed by atoms with E-state index in [1.54, 1.807) is 35.2 Å². The van der Waals surface area contributed by atoms with Crippen LogP contribution in [0.15, 0.2) is 72.8 Å². The lowest BCUT2D eigenvalue weighted by atomic mass is 9.93. The van der Waals surface area contributed by atoms with Crippen LogP contribution >= 0.6 is 0 Å². The van der Waals surface area contributed by atoms with Crippen LogP contribution in [0.4, 0.5) is 5.69 Å². The Hall–Kier alpha value is -4.11. The number of nitrogens with zero attached hydrogens (tertiary/aromatic N) is 2. The number of nitriles is 1. The van der Waals surface area contributed by atoms with Crippen molar-refractivity contribution in [2.24, 2.45) is 0 Å². The summed E-state index contributed by atoms with van der Waals surface area (Å²) in [4.78, 5) is 27.6. The van der Waals surface area contributed by atoms with Crippen LogP contribution in [0.25, 0.3) is 0 Å². The highest BCUT2D eigenvalue weighted by molar-refractivity contribution is 6.07. The Morgan fingerprint density at radius 3 is 2.58 bits per heavy atom. The molecule has 4 rings (SSSR count). The zero-order valence-electron chi connectivity index (χ0n) is 18.4. The Morgan fingerprint density at radius 2 is 1.88 bits per heavy atom. The molecule has 0 fully saturated rings. The van der Waals surface area contributed by atoms with E-state index in [9.17, 15) is 9.59 Å². The van der Waals surface area contributed by atoms with Crippen molar-refractivity contribution in [1.29, 1.82) is 5.26 Å². The molecular weight excluding hydrogens is 416 g/mol. The standard InChI is InChI=1S/C27H24N2O4/c1-2-32-23-12-10-22(11-13-23)29(16-6-15-28)26(30)20-9-14-24-21(17-20)18-25(33-27(24)31)19-7-4-3-5-8-19/h3-5,7-14,17,25H,2,6,16,18H2,1H3. The van der Waals surface area contributed by atoms with Crippen LogP contribution in [-0.4, -0.2) is 25.0 Å². The van der Waals surface area contributed by atoms with Crippen molar-refractivity contribution in [3.05, 3.63) is 95.1 Å². The molecule has 3 aromatic carbocycles. The van der Waals surface area contributed by atoms with E-state index < -0.39 is 12.1 Å². The van der Waals surface area contributed by atoms with Gasteiger partial charge in [-0.3, -0.25) is 4.79 Å². The number of benzene rings is 3. The minimum atomic E-state index is -0.392. The highest BCUT2D eigenvalue weighted by Gasteiger charge is 2.29. The molecule has 166 valence electrons. The van der Waals surface area contributed by atoms with Gasteiger partial charge in [-0.2, -0.15) is 5.26 Å². The second kappa shape index (κ2) is 10.0. The molecule has 1 amide bonds. The fourth-order valence-electron chi connectivity index (χ4n) is 3.94. The Balaban J connectivity index is 1.62. The van der Waals surface area contributed by atoms with E-state index in [1.807, 2.05) is 49.4 Å². The maximum atomic E-state index is 13.4. The van der Waals surface area contributed by atoms with Gasteiger partial charge in [-0.05, 0) is 60.5 Å². The van der Waals surface area contributed by atoms with Crippen LogP contribution in [0.1, 0.15) is 51.3 Å². The molecule has 0 aromatic heterocycles. The number of esters is 1. The molecule has 1 aliphatic rings. The Morgan fingerprint density at radius 1 is 1.12 bits per heavy atom. The van der Waals surface area contributed by atoms with Crippen LogP contribution in [0.3, 0.4) is 0 Å². The predicted octanol–water partition coefficient (Wildman–Crippen LogP) is 5.10. The number of hydrogen-bond donors (Lipinski definition) is 0. The predicted molar refractivity (Wildman–Crippen MR) is 124 cm³/mol. The average Bonchev–Trinajstić information content (AvgIpc) is 2.85. The number of ether oxygens (including phenoxy) is 2. The first kappa shape index (κ1) is 22.1. The highest BCUT2D eigenvalue weighted by Crippen LogP contribution is 2.31. The lowest BCUT2D eigenvalue weighted by molar-refractivity contribution is 0.0252. The molecule has 1 unspecified atom stereocenters. The lowest BCUT2D eigenvalue weighted by Gasteiger charge is -2.26. The van der Waals surface area contributed by atoms with Gasteiger partial charge in [-0.1, -0.05) is 30.3 Å².